The predicted octanol–water partition coefficient (Wildman–Crippen LogP) is 2.09. The van der Waals surface area contributed by atoms with Crippen molar-refractivity contribution >= 4 is 10.8 Å². The highest BCUT2D eigenvalue weighted by molar-refractivity contribution is 5.83. The van der Waals surface area contributed by atoms with Crippen LogP contribution in [0.15, 0.2) is 30.3 Å². The van der Waals surface area contributed by atoms with Crippen molar-refractivity contribution in [3.63, 3.8) is 0 Å². The first-order valence-corrected chi connectivity index (χ1v) is 4.28. The molecule has 1 aromatic heterocycles. The Balaban J connectivity index is 2.94. The van der Waals surface area contributed by atoms with Gasteiger partial charge >= 0.3 is 0 Å². The summed E-state index contributed by atoms with van der Waals surface area (Å²) in [5.74, 6) is 0. The number of benzene rings is 1. The van der Waals surface area contributed by atoms with Gasteiger partial charge < -0.3 is 5.21 Å². The largest absolute Gasteiger partial charge is 0.618 e. The van der Waals surface area contributed by atoms with Crippen molar-refractivity contribution in [1.29, 1.82) is 0 Å². The fraction of sp³-hybridized carbons (Fsp3) is 0.182. The second-order valence-corrected chi connectivity index (χ2v) is 3.25. The van der Waals surface area contributed by atoms with Crippen LogP contribution in [0, 0.1) is 19.1 Å². The number of nitrogens with zero attached hydrogens (tertiary/aromatic N) is 1. The molecule has 0 fully saturated rings. The van der Waals surface area contributed by atoms with Crippen LogP contribution in [0.4, 0.5) is 0 Å². The van der Waals surface area contributed by atoms with Crippen LogP contribution in [-0.2, 0) is 0 Å². The third-order valence-electron chi connectivity index (χ3n) is 2.34. The quantitative estimate of drug-likeness (QED) is 0.442. The molecule has 0 bridgehead atoms. The summed E-state index contributed by atoms with van der Waals surface area (Å²) in [5.41, 5.74) is 1.52. The Morgan fingerprint density at radius 3 is 2.62 bits per heavy atom. The fourth-order valence-electron chi connectivity index (χ4n) is 1.61. The number of pyridine rings is 1. The van der Waals surface area contributed by atoms with E-state index in [1.807, 2.05) is 44.2 Å². The maximum absolute atomic E-state index is 11.5. The zero-order chi connectivity index (χ0) is 9.42. The van der Waals surface area contributed by atoms with E-state index >= 15 is 0 Å². The Morgan fingerprint density at radius 1 is 1.15 bits per heavy atom. The molecule has 13 heavy (non-hydrogen) atoms. The summed E-state index contributed by atoms with van der Waals surface area (Å²) < 4.78 is 0.975. The molecule has 2 rings (SSSR count). The topological polar surface area (TPSA) is 26.9 Å². The Morgan fingerprint density at radius 2 is 1.85 bits per heavy atom. The van der Waals surface area contributed by atoms with E-state index in [0.29, 0.717) is 0 Å². The molecule has 0 N–H and O–H groups in total. The minimum atomic E-state index is 0.746. The molecule has 2 nitrogen and oxygen atoms in total. The van der Waals surface area contributed by atoms with Gasteiger partial charge in [-0.25, -0.2) is 0 Å². The summed E-state index contributed by atoms with van der Waals surface area (Å²) in [6, 6.07) is 9.84. The van der Waals surface area contributed by atoms with Crippen LogP contribution in [0.2, 0.25) is 0 Å². The number of aryl methyl sites for hydroxylation is 2. The van der Waals surface area contributed by atoms with Gasteiger partial charge in [0.05, 0.1) is 0 Å². The van der Waals surface area contributed by atoms with E-state index in [4.69, 9.17) is 0 Å². The lowest BCUT2D eigenvalue weighted by atomic mass is 10.1. The summed E-state index contributed by atoms with van der Waals surface area (Å²) in [7, 11) is 0. The molecule has 1 heterocycles. The van der Waals surface area contributed by atoms with Crippen LogP contribution in [-0.4, -0.2) is 0 Å². The summed E-state index contributed by atoms with van der Waals surface area (Å²) >= 11 is 0. The first kappa shape index (κ1) is 8.05. The van der Waals surface area contributed by atoms with E-state index in [0.717, 1.165) is 26.9 Å². The highest BCUT2D eigenvalue weighted by atomic mass is 16.5. The highest BCUT2D eigenvalue weighted by Crippen LogP contribution is 2.15. The maximum Gasteiger partial charge on any atom is 0.197 e. The molecule has 2 heteroatoms. The second-order valence-electron chi connectivity index (χ2n) is 3.25. The SMILES string of the molecule is Cc1cc2ccccc2c(C)[n+]1[O-]. The molecular weight excluding hydrogens is 162 g/mol. The van der Waals surface area contributed by atoms with Gasteiger partial charge in [0, 0.05) is 25.3 Å². The Hall–Kier alpha value is -1.57. The van der Waals surface area contributed by atoms with Crippen molar-refractivity contribution in [2.75, 3.05) is 0 Å². The molecule has 0 radical (unpaired) electrons. The first-order valence-electron chi connectivity index (χ1n) is 4.28. The van der Waals surface area contributed by atoms with Gasteiger partial charge in [0.2, 0.25) is 0 Å². The molecule has 0 aliphatic rings. The van der Waals surface area contributed by atoms with Crippen LogP contribution < -0.4 is 4.73 Å². The van der Waals surface area contributed by atoms with E-state index in [9.17, 15) is 5.21 Å². The Labute approximate surface area is 77.0 Å². The van der Waals surface area contributed by atoms with Crippen LogP contribution >= 0.6 is 0 Å². The first-order chi connectivity index (χ1) is 6.20. The van der Waals surface area contributed by atoms with Gasteiger partial charge in [-0.2, -0.15) is 4.73 Å². The minimum absolute atomic E-state index is 0.746. The van der Waals surface area contributed by atoms with Crippen LogP contribution in [0.1, 0.15) is 11.4 Å². The highest BCUT2D eigenvalue weighted by Gasteiger charge is 2.08. The van der Waals surface area contributed by atoms with Crippen molar-refractivity contribution in [3.05, 3.63) is 46.9 Å². The van der Waals surface area contributed by atoms with Gasteiger partial charge in [-0.1, -0.05) is 18.2 Å². The molecule has 2 aromatic rings. The van der Waals surface area contributed by atoms with E-state index in [2.05, 4.69) is 0 Å². The molecule has 66 valence electrons. The second kappa shape index (κ2) is 2.73. The molecule has 0 amide bonds. The van der Waals surface area contributed by atoms with E-state index in [1.54, 1.807) is 0 Å². The zero-order valence-electron chi connectivity index (χ0n) is 7.74. The lowest BCUT2D eigenvalue weighted by Gasteiger charge is -2.06. The number of hydrogen-bond donors (Lipinski definition) is 0. The van der Waals surface area contributed by atoms with Crippen molar-refractivity contribution in [3.8, 4) is 0 Å². The van der Waals surface area contributed by atoms with Gasteiger partial charge in [-0.05, 0) is 11.5 Å². The Kier molecular flexibility index (Phi) is 1.69. The maximum atomic E-state index is 11.5. The molecule has 0 saturated carbocycles. The van der Waals surface area contributed by atoms with Crippen LogP contribution in [0.25, 0.3) is 10.8 Å². The van der Waals surface area contributed by atoms with Crippen molar-refractivity contribution in [2.45, 2.75) is 13.8 Å². The monoisotopic (exact) mass is 173 g/mol. The lowest BCUT2D eigenvalue weighted by Crippen LogP contribution is -2.33. The summed E-state index contributed by atoms with van der Waals surface area (Å²) in [4.78, 5) is 0. The molecule has 0 aliphatic heterocycles. The smallest absolute Gasteiger partial charge is 0.197 e. The Bertz CT molecular complexity index is 463. The van der Waals surface area contributed by atoms with Gasteiger partial charge in [0.15, 0.2) is 11.4 Å². The average Bonchev–Trinajstić information content (AvgIpc) is 2.15. The number of rotatable bonds is 0. The molecule has 0 atom stereocenters. The third-order valence-corrected chi connectivity index (χ3v) is 2.34. The van der Waals surface area contributed by atoms with Gasteiger partial charge in [-0.3, -0.25) is 0 Å². The number of hydrogen-bond acceptors (Lipinski definition) is 1. The van der Waals surface area contributed by atoms with Gasteiger partial charge in [0.1, 0.15) is 0 Å². The average molecular weight is 173 g/mol. The number of fused-ring (bicyclic) bond motifs is 1. The molecular formula is C11H11NO. The van der Waals surface area contributed by atoms with Gasteiger partial charge in [0.25, 0.3) is 0 Å². The zero-order valence-corrected chi connectivity index (χ0v) is 7.74. The normalized spacial score (nSPS) is 10.6. The molecule has 0 saturated heterocycles. The predicted molar refractivity (Wildman–Crippen MR) is 52.4 cm³/mol. The summed E-state index contributed by atoms with van der Waals surface area (Å²) in [5, 5.41) is 13.7. The van der Waals surface area contributed by atoms with Crippen molar-refractivity contribution in [1.82, 2.24) is 0 Å². The molecule has 0 spiro atoms. The van der Waals surface area contributed by atoms with Crippen molar-refractivity contribution in [2.24, 2.45) is 0 Å². The molecule has 1 aromatic carbocycles. The van der Waals surface area contributed by atoms with Crippen LogP contribution in [0.3, 0.4) is 0 Å². The van der Waals surface area contributed by atoms with E-state index < -0.39 is 0 Å². The van der Waals surface area contributed by atoms with Crippen molar-refractivity contribution < 1.29 is 4.73 Å². The summed E-state index contributed by atoms with van der Waals surface area (Å²) in [6.07, 6.45) is 0. The molecule has 0 aliphatic carbocycles. The lowest BCUT2D eigenvalue weighted by molar-refractivity contribution is -0.617. The standard InChI is InChI=1S/C11H11NO/c1-8-7-10-5-3-4-6-11(10)9(2)12(8)13/h3-7H,1-2H3. The van der Waals surface area contributed by atoms with Gasteiger partial charge in [-0.15, -0.1) is 0 Å². The molecule has 0 unspecified atom stereocenters. The fourth-order valence-corrected chi connectivity index (χ4v) is 1.61. The van der Waals surface area contributed by atoms with Crippen LogP contribution in [0.5, 0.6) is 0 Å². The summed E-state index contributed by atoms with van der Waals surface area (Å²) in [6.45, 7) is 3.68. The number of aromatic nitrogens is 1. The van der Waals surface area contributed by atoms with E-state index in [-0.39, 0.29) is 0 Å². The van der Waals surface area contributed by atoms with E-state index in [1.165, 1.54) is 0 Å². The minimum Gasteiger partial charge on any atom is -0.618 e. The third kappa shape index (κ3) is 1.15.